The lowest BCUT2D eigenvalue weighted by Gasteiger charge is -2.30. The molecule has 0 spiro atoms. The molecule has 1 amide bonds. The van der Waals surface area contributed by atoms with E-state index in [-0.39, 0.29) is 5.91 Å². The lowest BCUT2D eigenvalue weighted by atomic mass is 10.1. The fourth-order valence-corrected chi connectivity index (χ4v) is 4.03. The molecule has 2 aromatic heterocycles. The zero-order chi connectivity index (χ0) is 21.0. The molecule has 158 valence electrons. The number of amides is 1. The average molecular weight is 416 g/mol. The number of para-hydroxylation sites is 1. The highest BCUT2D eigenvalue weighted by atomic mass is 16.5. The Kier molecular flexibility index (Phi) is 5.45. The number of ether oxygens (including phenoxy) is 1. The second kappa shape index (κ2) is 8.69. The number of carbonyl (C=O) groups is 1. The smallest absolute Gasteiger partial charge is 0.253 e. The van der Waals surface area contributed by atoms with E-state index in [0.29, 0.717) is 24.5 Å². The minimum absolute atomic E-state index is 0.0309. The molecule has 0 radical (unpaired) electrons. The van der Waals surface area contributed by atoms with Crippen LogP contribution in [0.2, 0.25) is 0 Å². The first-order valence-corrected chi connectivity index (χ1v) is 10.5. The molecule has 0 bridgehead atoms. The number of rotatable bonds is 5. The summed E-state index contributed by atoms with van der Waals surface area (Å²) >= 11 is 0. The highest BCUT2D eigenvalue weighted by Crippen LogP contribution is 2.27. The topological polar surface area (TPSA) is 95.0 Å². The number of nitrogens with zero attached hydrogens (tertiary/aromatic N) is 4. The van der Waals surface area contributed by atoms with Crippen LogP contribution in [0, 0.1) is 0 Å². The van der Waals surface area contributed by atoms with Crippen LogP contribution in [0.1, 0.15) is 21.6 Å². The Hall–Kier alpha value is -3.52. The summed E-state index contributed by atoms with van der Waals surface area (Å²) in [5.74, 6) is 0.509. The summed E-state index contributed by atoms with van der Waals surface area (Å²) < 4.78 is 5.46. The van der Waals surface area contributed by atoms with E-state index in [1.807, 2.05) is 30.3 Å². The maximum Gasteiger partial charge on any atom is 0.253 e. The van der Waals surface area contributed by atoms with Gasteiger partial charge in [-0.25, -0.2) is 4.98 Å². The summed E-state index contributed by atoms with van der Waals surface area (Å²) in [4.78, 5) is 22.0. The molecule has 0 atom stereocenters. The lowest BCUT2D eigenvalue weighted by Crippen LogP contribution is -2.36. The van der Waals surface area contributed by atoms with E-state index in [1.165, 1.54) is 5.69 Å². The number of anilines is 1. The first-order chi connectivity index (χ1) is 15.3. The Labute approximate surface area is 180 Å². The van der Waals surface area contributed by atoms with Crippen LogP contribution in [-0.4, -0.2) is 48.7 Å². The number of aromatic amines is 1. The quantitative estimate of drug-likeness (QED) is 0.623. The molecule has 2 aliphatic rings. The molecule has 8 heteroatoms. The van der Waals surface area contributed by atoms with Crippen LogP contribution < -0.4 is 10.2 Å². The average Bonchev–Trinajstić information content (AvgIpc) is 3.26. The second-order valence-electron chi connectivity index (χ2n) is 7.61. The SMILES string of the molecule is O=C1NCCc2[nH]c(-c3ccnc(N=NCc4ccccc4N4CCOCC4)c3)cc21. The maximum atomic E-state index is 12.0. The molecule has 5 rings (SSSR count). The van der Waals surface area contributed by atoms with Gasteiger partial charge in [0.1, 0.15) is 0 Å². The number of aromatic nitrogens is 2. The third kappa shape index (κ3) is 4.20. The summed E-state index contributed by atoms with van der Waals surface area (Å²) in [5.41, 5.74) is 5.81. The van der Waals surface area contributed by atoms with Crippen LogP contribution in [-0.2, 0) is 17.7 Å². The van der Waals surface area contributed by atoms with Gasteiger partial charge in [0.05, 0.1) is 25.3 Å². The molecule has 2 aliphatic heterocycles. The van der Waals surface area contributed by atoms with Crippen molar-refractivity contribution in [3.05, 3.63) is 65.5 Å². The molecule has 1 saturated heterocycles. The Morgan fingerprint density at radius 2 is 2.00 bits per heavy atom. The molecule has 0 saturated carbocycles. The molecule has 1 fully saturated rings. The third-order valence-electron chi connectivity index (χ3n) is 5.62. The van der Waals surface area contributed by atoms with Gasteiger partial charge in [-0.2, -0.15) is 5.11 Å². The third-order valence-corrected chi connectivity index (χ3v) is 5.62. The van der Waals surface area contributed by atoms with Gasteiger partial charge in [-0.15, -0.1) is 5.11 Å². The Balaban J connectivity index is 1.32. The van der Waals surface area contributed by atoms with Gasteiger partial charge in [-0.3, -0.25) is 4.79 Å². The Bertz CT molecular complexity index is 1120. The number of nitrogens with one attached hydrogen (secondary N) is 2. The fourth-order valence-electron chi connectivity index (χ4n) is 4.03. The van der Waals surface area contributed by atoms with Crippen LogP contribution in [0.3, 0.4) is 0 Å². The van der Waals surface area contributed by atoms with Crippen molar-refractivity contribution in [3.63, 3.8) is 0 Å². The van der Waals surface area contributed by atoms with Crippen LogP contribution in [0.25, 0.3) is 11.3 Å². The van der Waals surface area contributed by atoms with Crippen molar-refractivity contribution in [1.82, 2.24) is 15.3 Å². The van der Waals surface area contributed by atoms with Crippen molar-refractivity contribution in [2.45, 2.75) is 13.0 Å². The van der Waals surface area contributed by atoms with Crippen LogP contribution in [0.15, 0.2) is 58.9 Å². The molecule has 8 nitrogen and oxygen atoms in total. The molecule has 1 aromatic carbocycles. The standard InChI is InChI=1S/C23H24N6O2/c30-23-18-14-20(27-19(18)6-8-25-23)16-5-7-24-22(13-16)28-26-15-17-3-1-2-4-21(17)29-9-11-31-12-10-29/h1-5,7,13-14,27H,6,8-12,15H2,(H,25,30). The second-order valence-corrected chi connectivity index (χ2v) is 7.61. The van der Waals surface area contributed by atoms with E-state index in [9.17, 15) is 4.79 Å². The van der Waals surface area contributed by atoms with Gasteiger partial charge in [-0.05, 0) is 29.8 Å². The van der Waals surface area contributed by atoms with Gasteiger partial charge in [0.15, 0.2) is 5.82 Å². The number of H-pyrrole nitrogens is 1. The first kappa shape index (κ1) is 19.4. The normalized spacial score (nSPS) is 16.4. The number of hydrogen-bond donors (Lipinski definition) is 2. The van der Waals surface area contributed by atoms with Crippen molar-refractivity contribution in [2.75, 3.05) is 37.7 Å². The van der Waals surface area contributed by atoms with Gasteiger partial charge < -0.3 is 19.9 Å². The first-order valence-electron chi connectivity index (χ1n) is 10.5. The summed E-state index contributed by atoms with van der Waals surface area (Å²) in [6.07, 6.45) is 2.52. The van der Waals surface area contributed by atoms with Gasteiger partial charge >= 0.3 is 0 Å². The number of hydrogen-bond acceptors (Lipinski definition) is 6. The van der Waals surface area contributed by atoms with Gasteiger partial charge in [0, 0.05) is 54.9 Å². The van der Waals surface area contributed by atoms with Gasteiger partial charge in [-0.1, -0.05) is 18.2 Å². The molecule has 31 heavy (non-hydrogen) atoms. The van der Waals surface area contributed by atoms with Gasteiger partial charge in [0.25, 0.3) is 5.91 Å². The van der Waals surface area contributed by atoms with E-state index in [1.54, 1.807) is 6.20 Å². The van der Waals surface area contributed by atoms with Crippen LogP contribution >= 0.6 is 0 Å². The number of azo groups is 1. The van der Waals surface area contributed by atoms with Crippen molar-refractivity contribution in [2.24, 2.45) is 10.2 Å². The predicted molar refractivity (Wildman–Crippen MR) is 118 cm³/mol. The maximum absolute atomic E-state index is 12.0. The highest BCUT2D eigenvalue weighted by Gasteiger charge is 2.20. The van der Waals surface area contributed by atoms with Crippen LogP contribution in [0.4, 0.5) is 11.5 Å². The van der Waals surface area contributed by atoms with E-state index < -0.39 is 0 Å². The number of carbonyl (C=O) groups excluding carboxylic acids is 1. The Morgan fingerprint density at radius 3 is 2.87 bits per heavy atom. The monoisotopic (exact) mass is 416 g/mol. The molecule has 3 aromatic rings. The lowest BCUT2D eigenvalue weighted by molar-refractivity contribution is 0.0946. The molecule has 0 aliphatic carbocycles. The molecule has 0 unspecified atom stereocenters. The predicted octanol–water partition coefficient (Wildman–Crippen LogP) is 3.48. The fraction of sp³-hybridized carbons (Fsp3) is 0.304. The molecule has 4 heterocycles. The zero-order valence-corrected chi connectivity index (χ0v) is 17.2. The van der Waals surface area contributed by atoms with Crippen molar-refractivity contribution in [1.29, 1.82) is 0 Å². The summed E-state index contributed by atoms with van der Waals surface area (Å²) in [7, 11) is 0. The number of benzene rings is 1. The summed E-state index contributed by atoms with van der Waals surface area (Å²) in [5, 5.41) is 11.6. The van der Waals surface area contributed by atoms with E-state index in [2.05, 4.69) is 42.5 Å². The van der Waals surface area contributed by atoms with Crippen LogP contribution in [0.5, 0.6) is 0 Å². The highest BCUT2D eigenvalue weighted by molar-refractivity contribution is 5.97. The molecular formula is C23H24N6O2. The Morgan fingerprint density at radius 1 is 1.13 bits per heavy atom. The molecular weight excluding hydrogens is 392 g/mol. The summed E-state index contributed by atoms with van der Waals surface area (Å²) in [6, 6.07) is 14.0. The van der Waals surface area contributed by atoms with Crippen molar-refractivity contribution >= 4 is 17.4 Å². The van der Waals surface area contributed by atoms with E-state index in [0.717, 1.165) is 55.2 Å². The largest absolute Gasteiger partial charge is 0.378 e. The number of morpholine rings is 1. The minimum Gasteiger partial charge on any atom is -0.378 e. The summed E-state index contributed by atoms with van der Waals surface area (Å²) in [6.45, 7) is 4.41. The number of pyridine rings is 1. The van der Waals surface area contributed by atoms with E-state index in [4.69, 9.17) is 4.74 Å². The van der Waals surface area contributed by atoms with Crippen molar-refractivity contribution < 1.29 is 9.53 Å². The number of fused-ring (bicyclic) bond motifs is 1. The van der Waals surface area contributed by atoms with Gasteiger partial charge in [0.2, 0.25) is 0 Å². The zero-order valence-electron chi connectivity index (χ0n) is 17.2. The molecule has 2 N–H and O–H groups in total. The van der Waals surface area contributed by atoms with Crippen molar-refractivity contribution in [3.8, 4) is 11.3 Å². The minimum atomic E-state index is -0.0309. The van der Waals surface area contributed by atoms with E-state index >= 15 is 0 Å².